The summed E-state index contributed by atoms with van der Waals surface area (Å²) in [5, 5.41) is 12.4. The van der Waals surface area contributed by atoms with Crippen molar-refractivity contribution >= 4 is 21.7 Å². The van der Waals surface area contributed by atoms with E-state index < -0.39 is 16.0 Å². The fraction of sp³-hybridized carbons (Fsp3) is 0.556. The van der Waals surface area contributed by atoms with Crippen molar-refractivity contribution in [2.75, 3.05) is 16.6 Å². The van der Waals surface area contributed by atoms with Crippen LogP contribution in [0.25, 0.3) is 0 Å². The Hall–Kier alpha value is -1.57. The highest BCUT2D eigenvalue weighted by molar-refractivity contribution is 7.93. The molecular weight excluding hydrogens is 246 g/mol. The predicted molar refractivity (Wildman–Crippen MR) is 60.2 cm³/mol. The minimum absolute atomic E-state index is 0.0721. The monoisotopic (exact) mass is 259 g/mol. The van der Waals surface area contributed by atoms with Gasteiger partial charge in [-0.15, -0.1) is 0 Å². The molecule has 0 aliphatic carbocycles. The lowest BCUT2D eigenvalue weighted by Gasteiger charge is -2.13. The number of carbonyl (C=O) groups is 1. The zero-order chi connectivity index (χ0) is 12.6. The van der Waals surface area contributed by atoms with Crippen LogP contribution in [0.15, 0.2) is 12.4 Å². The van der Waals surface area contributed by atoms with E-state index in [4.69, 9.17) is 5.11 Å². The first-order valence-corrected chi connectivity index (χ1v) is 6.74. The van der Waals surface area contributed by atoms with Gasteiger partial charge in [-0.2, -0.15) is 5.10 Å². The van der Waals surface area contributed by atoms with Gasteiger partial charge in [-0.1, -0.05) is 6.92 Å². The van der Waals surface area contributed by atoms with E-state index in [1.807, 2.05) is 6.92 Å². The van der Waals surface area contributed by atoms with Crippen molar-refractivity contribution in [3.8, 4) is 0 Å². The average molecular weight is 259 g/mol. The summed E-state index contributed by atoms with van der Waals surface area (Å²) >= 11 is 0. The van der Waals surface area contributed by atoms with Gasteiger partial charge in [0.1, 0.15) is 6.54 Å². The third-order valence-corrected chi connectivity index (χ3v) is 4.53. The predicted octanol–water partition coefficient (Wildman–Crippen LogP) is -0.246. The summed E-state index contributed by atoms with van der Waals surface area (Å²) in [6.07, 6.45) is 2.81. The Labute approximate surface area is 98.7 Å². The molecule has 1 aliphatic heterocycles. The van der Waals surface area contributed by atoms with Gasteiger partial charge >= 0.3 is 5.97 Å². The second-order valence-electron chi connectivity index (χ2n) is 4.20. The number of sulfonamides is 1. The second kappa shape index (κ2) is 4.02. The van der Waals surface area contributed by atoms with Crippen molar-refractivity contribution in [2.45, 2.75) is 13.5 Å². The van der Waals surface area contributed by atoms with Crippen LogP contribution in [0.5, 0.6) is 0 Å². The zero-order valence-electron chi connectivity index (χ0n) is 9.28. The van der Waals surface area contributed by atoms with Gasteiger partial charge in [0.25, 0.3) is 0 Å². The Morgan fingerprint density at radius 2 is 2.35 bits per heavy atom. The van der Waals surface area contributed by atoms with Gasteiger partial charge in [-0.3, -0.25) is 13.8 Å². The Morgan fingerprint density at radius 3 is 2.88 bits per heavy atom. The molecule has 1 fully saturated rings. The van der Waals surface area contributed by atoms with Crippen LogP contribution in [0.4, 0.5) is 5.69 Å². The van der Waals surface area contributed by atoms with Gasteiger partial charge in [0.15, 0.2) is 0 Å². The van der Waals surface area contributed by atoms with E-state index in [2.05, 4.69) is 5.10 Å². The Balaban J connectivity index is 2.23. The SMILES string of the molecule is CC1CN(c2cnn(CC(=O)O)c2)S(=O)(=O)C1. The van der Waals surface area contributed by atoms with Crippen LogP contribution in [-0.4, -0.2) is 41.6 Å². The van der Waals surface area contributed by atoms with Crippen molar-refractivity contribution in [1.29, 1.82) is 0 Å². The fourth-order valence-corrected chi connectivity index (χ4v) is 3.77. The molecule has 1 saturated heterocycles. The number of aromatic nitrogens is 2. The van der Waals surface area contributed by atoms with Crippen LogP contribution in [0, 0.1) is 5.92 Å². The van der Waals surface area contributed by atoms with Crippen LogP contribution in [0.1, 0.15) is 6.92 Å². The summed E-state index contributed by atoms with van der Waals surface area (Å²) in [5.74, 6) is -0.822. The number of rotatable bonds is 3. The van der Waals surface area contributed by atoms with Gasteiger partial charge in [-0.05, 0) is 5.92 Å². The maximum atomic E-state index is 11.8. The first-order chi connectivity index (χ1) is 7.88. The minimum Gasteiger partial charge on any atom is -0.480 e. The number of carboxylic acids is 1. The zero-order valence-corrected chi connectivity index (χ0v) is 10.1. The molecule has 2 heterocycles. The van der Waals surface area contributed by atoms with Crippen molar-refractivity contribution in [2.24, 2.45) is 5.92 Å². The van der Waals surface area contributed by atoms with E-state index in [1.54, 1.807) is 0 Å². The van der Waals surface area contributed by atoms with Crippen molar-refractivity contribution < 1.29 is 18.3 Å². The normalized spacial score (nSPS) is 22.9. The third kappa shape index (κ3) is 2.41. The first kappa shape index (κ1) is 11.9. The highest BCUT2D eigenvalue weighted by atomic mass is 32.2. The Kier molecular flexibility index (Phi) is 2.82. The maximum absolute atomic E-state index is 11.8. The standard InChI is InChI=1S/C9H13N3O4S/c1-7-3-12(17(15,16)6-7)8-2-10-11(4-8)5-9(13)14/h2,4,7H,3,5-6H2,1H3,(H,13,14). The number of carboxylic acid groups (broad SMARTS) is 1. The molecule has 0 aromatic carbocycles. The number of anilines is 1. The fourth-order valence-electron chi connectivity index (χ4n) is 1.87. The van der Waals surface area contributed by atoms with Gasteiger partial charge in [-0.25, -0.2) is 8.42 Å². The van der Waals surface area contributed by atoms with Crippen molar-refractivity contribution in [3.05, 3.63) is 12.4 Å². The van der Waals surface area contributed by atoms with E-state index in [0.717, 1.165) is 0 Å². The van der Waals surface area contributed by atoms with Gasteiger partial charge in [0.2, 0.25) is 10.0 Å². The quantitative estimate of drug-likeness (QED) is 0.808. The molecule has 1 aliphatic rings. The molecule has 2 rings (SSSR count). The van der Waals surface area contributed by atoms with Gasteiger partial charge in [0, 0.05) is 12.7 Å². The summed E-state index contributed by atoms with van der Waals surface area (Å²) in [5.41, 5.74) is 0.426. The molecule has 0 radical (unpaired) electrons. The molecule has 1 aromatic rings. The van der Waals surface area contributed by atoms with E-state index >= 15 is 0 Å². The van der Waals surface area contributed by atoms with Crippen LogP contribution < -0.4 is 4.31 Å². The lowest BCUT2D eigenvalue weighted by atomic mass is 10.2. The van der Waals surface area contributed by atoms with E-state index in [-0.39, 0.29) is 18.2 Å². The van der Waals surface area contributed by atoms with Crippen LogP contribution in [0.2, 0.25) is 0 Å². The summed E-state index contributed by atoms with van der Waals surface area (Å²) in [7, 11) is -3.27. The molecule has 7 nitrogen and oxygen atoms in total. The van der Waals surface area contributed by atoms with E-state index in [9.17, 15) is 13.2 Å². The summed E-state index contributed by atoms with van der Waals surface area (Å²) in [6.45, 7) is 2.00. The molecule has 1 atom stereocenters. The largest absolute Gasteiger partial charge is 0.480 e. The minimum atomic E-state index is -3.27. The second-order valence-corrected chi connectivity index (χ2v) is 6.14. The molecule has 1 N–H and O–H groups in total. The van der Waals surface area contributed by atoms with E-state index in [1.165, 1.54) is 21.4 Å². The lowest BCUT2D eigenvalue weighted by molar-refractivity contribution is -0.137. The third-order valence-electron chi connectivity index (χ3n) is 2.51. The van der Waals surface area contributed by atoms with E-state index in [0.29, 0.717) is 12.2 Å². The van der Waals surface area contributed by atoms with Crippen LogP contribution in [-0.2, 0) is 21.4 Å². The summed E-state index contributed by atoms with van der Waals surface area (Å²) in [4.78, 5) is 10.5. The molecule has 94 valence electrons. The summed E-state index contributed by atoms with van der Waals surface area (Å²) < 4.78 is 26.0. The molecule has 0 amide bonds. The lowest BCUT2D eigenvalue weighted by Crippen LogP contribution is -2.24. The molecule has 8 heteroatoms. The van der Waals surface area contributed by atoms with Crippen molar-refractivity contribution in [1.82, 2.24) is 9.78 Å². The molecule has 0 spiro atoms. The van der Waals surface area contributed by atoms with Gasteiger partial charge < -0.3 is 5.11 Å². The van der Waals surface area contributed by atoms with Gasteiger partial charge in [0.05, 0.1) is 17.6 Å². The number of hydrogen-bond acceptors (Lipinski definition) is 4. The molecule has 1 aromatic heterocycles. The molecule has 0 saturated carbocycles. The first-order valence-electron chi connectivity index (χ1n) is 5.13. The molecular formula is C9H13N3O4S. The Morgan fingerprint density at radius 1 is 1.65 bits per heavy atom. The molecule has 17 heavy (non-hydrogen) atoms. The molecule has 1 unspecified atom stereocenters. The number of nitrogens with zero attached hydrogens (tertiary/aromatic N) is 3. The Bertz CT molecular complexity index is 536. The topological polar surface area (TPSA) is 92.5 Å². The smallest absolute Gasteiger partial charge is 0.325 e. The summed E-state index contributed by atoms with van der Waals surface area (Å²) in [6, 6.07) is 0. The van der Waals surface area contributed by atoms with Crippen LogP contribution >= 0.6 is 0 Å². The highest BCUT2D eigenvalue weighted by Crippen LogP contribution is 2.26. The van der Waals surface area contributed by atoms with Crippen molar-refractivity contribution in [3.63, 3.8) is 0 Å². The average Bonchev–Trinajstić information content (AvgIpc) is 2.69. The van der Waals surface area contributed by atoms with Crippen LogP contribution in [0.3, 0.4) is 0 Å². The highest BCUT2D eigenvalue weighted by Gasteiger charge is 2.34. The number of aliphatic carboxylic acids is 1. The number of hydrogen-bond donors (Lipinski definition) is 1. The maximum Gasteiger partial charge on any atom is 0.325 e. The molecule has 0 bridgehead atoms.